The number of rotatable bonds is 3. The Kier molecular flexibility index (Phi) is 3.30. The second kappa shape index (κ2) is 4.89. The van der Waals surface area contributed by atoms with Crippen molar-refractivity contribution in [1.82, 2.24) is 0 Å². The zero-order valence-electron chi connectivity index (χ0n) is 8.56. The van der Waals surface area contributed by atoms with Crippen LogP contribution in [-0.4, -0.2) is 11.9 Å². The Morgan fingerprint density at radius 1 is 1.27 bits per heavy atom. The molecule has 0 fully saturated rings. The Balaban J connectivity index is 1.88. The summed E-state index contributed by atoms with van der Waals surface area (Å²) in [6.07, 6.45) is 5.03. The van der Waals surface area contributed by atoms with Gasteiger partial charge in [-0.1, -0.05) is 36.4 Å². The first-order chi connectivity index (χ1) is 7.36. The van der Waals surface area contributed by atoms with Crippen molar-refractivity contribution in [2.45, 2.75) is 25.6 Å². The van der Waals surface area contributed by atoms with E-state index in [2.05, 4.69) is 0 Å². The molecular weight excluding hydrogens is 188 g/mol. The fraction of sp³-hybridized carbons (Fsp3) is 0.308. The molecule has 1 aliphatic rings. The monoisotopic (exact) mass is 202 g/mol. The van der Waals surface area contributed by atoms with Crippen molar-refractivity contribution in [3.05, 3.63) is 48.0 Å². The van der Waals surface area contributed by atoms with Gasteiger partial charge in [-0.3, -0.25) is 4.79 Å². The number of hydrogen-bond donors (Lipinski definition) is 0. The molecule has 0 bridgehead atoms. The number of carbonyl (C=O) groups is 1. The molecule has 1 aromatic rings. The van der Waals surface area contributed by atoms with E-state index in [1.807, 2.05) is 36.4 Å². The number of ketones is 1. The van der Waals surface area contributed by atoms with Crippen molar-refractivity contribution in [1.29, 1.82) is 0 Å². The molecule has 0 aliphatic heterocycles. The number of benzene rings is 1. The van der Waals surface area contributed by atoms with Crippen LogP contribution >= 0.6 is 0 Å². The lowest BCUT2D eigenvalue weighted by Crippen LogP contribution is -2.24. The van der Waals surface area contributed by atoms with E-state index < -0.39 is 0 Å². The highest BCUT2D eigenvalue weighted by atomic mass is 16.5. The van der Waals surface area contributed by atoms with Gasteiger partial charge in [0.05, 0.1) is 6.61 Å². The van der Waals surface area contributed by atoms with E-state index in [1.54, 1.807) is 6.08 Å². The quantitative estimate of drug-likeness (QED) is 0.752. The molecule has 1 atom stereocenters. The summed E-state index contributed by atoms with van der Waals surface area (Å²) in [4.78, 5) is 11.4. The third kappa shape index (κ3) is 2.77. The normalized spacial score (nSPS) is 20.5. The molecule has 0 spiro atoms. The molecule has 0 N–H and O–H groups in total. The summed E-state index contributed by atoms with van der Waals surface area (Å²) >= 11 is 0. The Morgan fingerprint density at radius 3 is 2.80 bits per heavy atom. The Morgan fingerprint density at radius 2 is 2.07 bits per heavy atom. The largest absolute Gasteiger partial charge is 0.365 e. The number of hydrogen-bond acceptors (Lipinski definition) is 2. The first-order valence-electron chi connectivity index (χ1n) is 5.22. The second-order valence-electron chi connectivity index (χ2n) is 3.67. The van der Waals surface area contributed by atoms with Gasteiger partial charge in [0.2, 0.25) is 0 Å². The average Bonchev–Trinajstić information content (AvgIpc) is 2.29. The minimum atomic E-state index is -0.241. The SMILES string of the molecule is O=C1C=CCC[C@@H]1OCc1ccccc1. The van der Waals surface area contributed by atoms with Crippen molar-refractivity contribution in [2.75, 3.05) is 0 Å². The van der Waals surface area contributed by atoms with Crippen LogP contribution in [0, 0.1) is 0 Å². The number of carbonyl (C=O) groups excluding carboxylic acids is 1. The lowest BCUT2D eigenvalue weighted by molar-refractivity contribution is -0.127. The summed E-state index contributed by atoms with van der Waals surface area (Å²) in [6.45, 7) is 0.519. The predicted octanol–water partition coefficient (Wildman–Crippen LogP) is 2.49. The van der Waals surface area contributed by atoms with Gasteiger partial charge in [0.25, 0.3) is 0 Å². The standard InChI is InChI=1S/C13H14O2/c14-12-8-4-5-9-13(12)15-10-11-6-2-1-3-7-11/h1-4,6-8,13H,5,9-10H2/t13-/m0/s1. The first-order valence-corrected chi connectivity index (χ1v) is 5.22. The highest BCUT2D eigenvalue weighted by Crippen LogP contribution is 2.13. The fourth-order valence-corrected chi connectivity index (χ4v) is 1.63. The highest BCUT2D eigenvalue weighted by molar-refractivity contribution is 5.94. The van der Waals surface area contributed by atoms with Crippen molar-refractivity contribution in [3.8, 4) is 0 Å². The van der Waals surface area contributed by atoms with Gasteiger partial charge in [0, 0.05) is 0 Å². The fourth-order valence-electron chi connectivity index (χ4n) is 1.63. The van der Waals surface area contributed by atoms with Crippen LogP contribution in [0.4, 0.5) is 0 Å². The molecule has 0 aromatic heterocycles. The van der Waals surface area contributed by atoms with E-state index in [9.17, 15) is 4.79 Å². The van der Waals surface area contributed by atoms with E-state index >= 15 is 0 Å². The van der Waals surface area contributed by atoms with Crippen molar-refractivity contribution in [2.24, 2.45) is 0 Å². The average molecular weight is 202 g/mol. The molecule has 0 amide bonds. The summed E-state index contributed by atoms with van der Waals surface area (Å²) in [5, 5.41) is 0. The zero-order valence-corrected chi connectivity index (χ0v) is 8.56. The lowest BCUT2D eigenvalue weighted by atomic mass is 10.0. The molecule has 0 saturated carbocycles. The lowest BCUT2D eigenvalue weighted by Gasteiger charge is -2.17. The highest BCUT2D eigenvalue weighted by Gasteiger charge is 2.18. The summed E-state index contributed by atoms with van der Waals surface area (Å²) in [5.41, 5.74) is 1.11. The van der Waals surface area contributed by atoms with Crippen molar-refractivity contribution >= 4 is 5.78 Å². The van der Waals surface area contributed by atoms with Crippen LogP contribution in [0.3, 0.4) is 0 Å². The van der Waals surface area contributed by atoms with Gasteiger partial charge in [-0.25, -0.2) is 0 Å². The number of allylic oxidation sites excluding steroid dienone is 1. The second-order valence-corrected chi connectivity index (χ2v) is 3.67. The Bertz CT molecular complexity index is 354. The van der Waals surface area contributed by atoms with Crippen LogP contribution < -0.4 is 0 Å². The Labute approximate surface area is 89.6 Å². The van der Waals surface area contributed by atoms with Gasteiger partial charge in [-0.2, -0.15) is 0 Å². The van der Waals surface area contributed by atoms with Crippen LogP contribution in [0.25, 0.3) is 0 Å². The van der Waals surface area contributed by atoms with Gasteiger partial charge in [0.15, 0.2) is 5.78 Å². The van der Waals surface area contributed by atoms with Crippen molar-refractivity contribution < 1.29 is 9.53 Å². The summed E-state index contributed by atoms with van der Waals surface area (Å²) in [5.74, 6) is 0.0946. The maximum absolute atomic E-state index is 11.4. The van der Waals surface area contributed by atoms with Gasteiger partial charge < -0.3 is 4.74 Å². The molecule has 2 nitrogen and oxygen atoms in total. The van der Waals surface area contributed by atoms with E-state index in [1.165, 1.54) is 0 Å². The molecule has 2 heteroatoms. The molecule has 0 unspecified atom stereocenters. The zero-order chi connectivity index (χ0) is 10.5. The van der Waals surface area contributed by atoms with Crippen LogP contribution in [-0.2, 0) is 16.1 Å². The van der Waals surface area contributed by atoms with Gasteiger partial charge in [0.1, 0.15) is 6.10 Å². The smallest absolute Gasteiger partial charge is 0.184 e. The molecule has 2 rings (SSSR count). The minimum absolute atomic E-state index is 0.0946. The van der Waals surface area contributed by atoms with E-state index in [-0.39, 0.29) is 11.9 Å². The third-order valence-electron chi connectivity index (χ3n) is 2.49. The maximum atomic E-state index is 11.4. The van der Waals surface area contributed by atoms with Crippen LogP contribution in [0.2, 0.25) is 0 Å². The molecule has 0 saturated heterocycles. The minimum Gasteiger partial charge on any atom is -0.365 e. The summed E-state index contributed by atoms with van der Waals surface area (Å²) in [6, 6.07) is 9.92. The first kappa shape index (κ1) is 10.1. The third-order valence-corrected chi connectivity index (χ3v) is 2.49. The Hall–Kier alpha value is -1.41. The van der Waals surface area contributed by atoms with Crippen molar-refractivity contribution in [3.63, 3.8) is 0 Å². The van der Waals surface area contributed by atoms with E-state index in [4.69, 9.17) is 4.74 Å². The summed E-state index contributed by atoms with van der Waals surface area (Å²) < 4.78 is 5.58. The maximum Gasteiger partial charge on any atom is 0.184 e. The van der Waals surface area contributed by atoms with Gasteiger partial charge in [-0.15, -0.1) is 0 Å². The van der Waals surface area contributed by atoms with Gasteiger partial charge >= 0.3 is 0 Å². The molecule has 78 valence electrons. The predicted molar refractivity (Wildman–Crippen MR) is 58.4 cm³/mol. The molecular formula is C13H14O2. The molecule has 1 aliphatic carbocycles. The van der Waals surface area contributed by atoms with Crippen LogP contribution in [0.1, 0.15) is 18.4 Å². The van der Waals surface area contributed by atoms with Gasteiger partial charge in [-0.05, 0) is 24.5 Å². The topological polar surface area (TPSA) is 26.3 Å². The molecule has 1 aromatic carbocycles. The van der Waals surface area contributed by atoms with E-state index in [0.29, 0.717) is 6.61 Å². The van der Waals surface area contributed by atoms with E-state index in [0.717, 1.165) is 18.4 Å². The summed E-state index contributed by atoms with van der Waals surface area (Å²) in [7, 11) is 0. The van der Waals surface area contributed by atoms with Crippen LogP contribution in [0.15, 0.2) is 42.5 Å². The van der Waals surface area contributed by atoms with Crippen LogP contribution in [0.5, 0.6) is 0 Å². The number of ether oxygens (including phenoxy) is 1. The molecule has 15 heavy (non-hydrogen) atoms. The molecule has 0 radical (unpaired) electrons. The molecule has 0 heterocycles.